The van der Waals surface area contributed by atoms with Gasteiger partial charge in [-0.05, 0) is 36.1 Å². The molecule has 1 N–H and O–H groups in total. The molecule has 1 saturated heterocycles. The minimum absolute atomic E-state index is 0.125. The second-order valence-electron chi connectivity index (χ2n) is 7.02. The van der Waals surface area contributed by atoms with Crippen molar-refractivity contribution in [3.8, 4) is 0 Å². The van der Waals surface area contributed by atoms with E-state index in [9.17, 15) is 18.8 Å². The highest BCUT2D eigenvalue weighted by molar-refractivity contribution is 6.35. The fourth-order valence-corrected chi connectivity index (χ4v) is 3.22. The molecule has 1 aliphatic heterocycles. The van der Waals surface area contributed by atoms with Crippen LogP contribution in [0, 0.1) is 5.82 Å². The summed E-state index contributed by atoms with van der Waals surface area (Å²) in [7, 11) is 0. The highest BCUT2D eigenvalue weighted by atomic mass is 19.1. The first kappa shape index (κ1) is 20.5. The molecular weight excluding hydrogens is 373 g/mol. The Bertz CT molecular complexity index is 855. The summed E-state index contributed by atoms with van der Waals surface area (Å²) in [5.74, 6) is -1.95. The van der Waals surface area contributed by atoms with Crippen molar-refractivity contribution in [2.75, 3.05) is 26.2 Å². The van der Waals surface area contributed by atoms with E-state index in [1.54, 1.807) is 12.1 Å². The highest BCUT2D eigenvalue weighted by Gasteiger charge is 2.33. The minimum Gasteiger partial charge on any atom is -0.355 e. The number of hydrogen-bond acceptors (Lipinski definition) is 3. The quantitative estimate of drug-likeness (QED) is 0.545. The van der Waals surface area contributed by atoms with Gasteiger partial charge in [0, 0.05) is 26.2 Å². The number of nitrogens with zero attached hydrogens (tertiary/aromatic N) is 2. The molecule has 0 radical (unpaired) electrons. The van der Waals surface area contributed by atoms with Gasteiger partial charge in [-0.25, -0.2) is 4.39 Å². The third kappa shape index (κ3) is 5.88. The lowest BCUT2D eigenvalue weighted by molar-refractivity contribution is -0.157. The van der Waals surface area contributed by atoms with Crippen LogP contribution in [-0.4, -0.2) is 53.7 Å². The highest BCUT2D eigenvalue weighted by Crippen LogP contribution is 2.11. The first-order valence-electron chi connectivity index (χ1n) is 9.66. The number of benzene rings is 2. The molecule has 0 aromatic heterocycles. The van der Waals surface area contributed by atoms with Crippen LogP contribution >= 0.6 is 0 Å². The molecule has 0 unspecified atom stereocenters. The predicted octanol–water partition coefficient (Wildman–Crippen LogP) is 1.75. The molecule has 1 heterocycles. The first-order chi connectivity index (χ1) is 14.0. The smallest absolute Gasteiger partial charge is 0.312 e. The second-order valence-corrected chi connectivity index (χ2v) is 7.02. The third-order valence-corrected chi connectivity index (χ3v) is 4.83. The van der Waals surface area contributed by atoms with Crippen molar-refractivity contribution in [3.63, 3.8) is 0 Å². The van der Waals surface area contributed by atoms with Crippen LogP contribution in [0.5, 0.6) is 0 Å². The van der Waals surface area contributed by atoms with Crippen LogP contribution < -0.4 is 5.32 Å². The predicted molar refractivity (Wildman–Crippen MR) is 106 cm³/mol. The summed E-state index contributed by atoms with van der Waals surface area (Å²) in [5.41, 5.74) is 1.96. The molecule has 1 aliphatic rings. The van der Waals surface area contributed by atoms with Gasteiger partial charge in [-0.15, -0.1) is 0 Å². The molecule has 7 heteroatoms. The van der Waals surface area contributed by atoms with Crippen molar-refractivity contribution >= 4 is 17.7 Å². The molecule has 0 bridgehead atoms. The number of piperazine rings is 1. The topological polar surface area (TPSA) is 69.7 Å². The average molecular weight is 397 g/mol. The van der Waals surface area contributed by atoms with Crippen molar-refractivity contribution in [2.45, 2.75) is 19.4 Å². The van der Waals surface area contributed by atoms with E-state index in [2.05, 4.69) is 5.32 Å². The van der Waals surface area contributed by atoms with E-state index >= 15 is 0 Å². The number of nitrogens with one attached hydrogen (secondary N) is 1. The molecule has 29 heavy (non-hydrogen) atoms. The lowest BCUT2D eigenvalue weighted by atomic mass is 10.1. The van der Waals surface area contributed by atoms with Gasteiger partial charge in [-0.2, -0.15) is 0 Å². The molecule has 0 saturated carbocycles. The fraction of sp³-hybridized carbons (Fsp3) is 0.318. The van der Waals surface area contributed by atoms with Gasteiger partial charge in [-0.1, -0.05) is 42.5 Å². The van der Waals surface area contributed by atoms with Gasteiger partial charge in [0.2, 0.25) is 5.91 Å². The Kier molecular flexibility index (Phi) is 6.94. The van der Waals surface area contributed by atoms with Crippen molar-refractivity contribution in [3.05, 3.63) is 71.5 Å². The van der Waals surface area contributed by atoms with Gasteiger partial charge >= 0.3 is 11.8 Å². The summed E-state index contributed by atoms with van der Waals surface area (Å²) < 4.78 is 13.0. The van der Waals surface area contributed by atoms with Crippen LogP contribution in [0.25, 0.3) is 0 Å². The van der Waals surface area contributed by atoms with Crippen molar-refractivity contribution in [1.29, 1.82) is 0 Å². The average Bonchev–Trinajstić information content (AvgIpc) is 2.73. The van der Waals surface area contributed by atoms with Gasteiger partial charge < -0.3 is 15.1 Å². The van der Waals surface area contributed by atoms with Crippen LogP contribution in [0.1, 0.15) is 17.5 Å². The molecule has 6 nitrogen and oxygen atoms in total. The zero-order valence-corrected chi connectivity index (χ0v) is 16.1. The van der Waals surface area contributed by atoms with E-state index in [1.165, 1.54) is 27.5 Å². The summed E-state index contributed by atoms with van der Waals surface area (Å²) >= 11 is 0. The summed E-state index contributed by atoms with van der Waals surface area (Å²) in [5, 5.41) is 2.80. The van der Waals surface area contributed by atoms with Crippen molar-refractivity contribution < 1.29 is 18.8 Å². The van der Waals surface area contributed by atoms with Crippen LogP contribution in [0.3, 0.4) is 0 Å². The molecular formula is C22H24FN3O3. The minimum atomic E-state index is -0.683. The maximum Gasteiger partial charge on any atom is 0.312 e. The normalized spacial score (nSPS) is 14.2. The molecule has 3 rings (SSSR count). The number of carbonyl (C=O) groups excluding carboxylic acids is 3. The Balaban J connectivity index is 1.41. The van der Waals surface area contributed by atoms with Gasteiger partial charge in [0.15, 0.2) is 0 Å². The fourth-order valence-electron chi connectivity index (χ4n) is 3.22. The van der Waals surface area contributed by atoms with Crippen LogP contribution in [0.4, 0.5) is 4.39 Å². The van der Waals surface area contributed by atoms with Gasteiger partial charge in [0.05, 0.1) is 0 Å². The summed E-state index contributed by atoms with van der Waals surface area (Å²) in [6, 6.07) is 15.8. The van der Waals surface area contributed by atoms with Gasteiger partial charge in [0.1, 0.15) is 12.4 Å². The van der Waals surface area contributed by atoms with E-state index in [-0.39, 0.29) is 24.8 Å². The zero-order chi connectivity index (χ0) is 20.6. The SMILES string of the molecule is O=C(CN1CCN(Cc2ccc(F)cc2)C(=O)C1=O)NCCCc1ccccc1. The van der Waals surface area contributed by atoms with Crippen molar-refractivity contribution in [2.24, 2.45) is 0 Å². The number of halogens is 1. The van der Waals surface area contributed by atoms with E-state index in [0.717, 1.165) is 18.4 Å². The summed E-state index contributed by atoms with van der Waals surface area (Å²) in [6.45, 7) is 1.26. The van der Waals surface area contributed by atoms with Crippen LogP contribution in [0.2, 0.25) is 0 Å². The molecule has 0 aliphatic carbocycles. The lowest BCUT2D eigenvalue weighted by Gasteiger charge is -2.33. The monoisotopic (exact) mass is 397 g/mol. The largest absolute Gasteiger partial charge is 0.355 e. The molecule has 152 valence electrons. The number of rotatable bonds is 8. The summed E-state index contributed by atoms with van der Waals surface area (Å²) in [6.07, 6.45) is 1.66. The Labute approximate surface area is 169 Å². The van der Waals surface area contributed by atoms with E-state index < -0.39 is 11.8 Å². The second kappa shape index (κ2) is 9.82. The van der Waals surface area contributed by atoms with E-state index in [4.69, 9.17) is 0 Å². The maximum atomic E-state index is 13.0. The van der Waals surface area contributed by atoms with Crippen LogP contribution in [-0.2, 0) is 27.3 Å². The zero-order valence-electron chi connectivity index (χ0n) is 16.1. The Morgan fingerprint density at radius 3 is 2.28 bits per heavy atom. The molecule has 0 spiro atoms. The number of aryl methyl sites for hydroxylation is 1. The van der Waals surface area contributed by atoms with E-state index in [0.29, 0.717) is 19.6 Å². The Morgan fingerprint density at radius 2 is 1.55 bits per heavy atom. The lowest BCUT2D eigenvalue weighted by Crippen LogP contribution is -2.56. The standard InChI is InChI=1S/C22H24FN3O3/c23-19-10-8-18(9-11-19)15-25-13-14-26(22(29)21(25)28)16-20(27)24-12-4-7-17-5-2-1-3-6-17/h1-3,5-6,8-11H,4,7,12-16H2,(H,24,27). The maximum absolute atomic E-state index is 13.0. The van der Waals surface area contributed by atoms with Crippen molar-refractivity contribution in [1.82, 2.24) is 15.1 Å². The number of hydrogen-bond donors (Lipinski definition) is 1. The summed E-state index contributed by atoms with van der Waals surface area (Å²) in [4.78, 5) is 39.5. The number of amides is 3. The molecule has 1 fully saturated rings. The molecule has 0 atom stereocenters. The van der Waals surface area contributed by atoms with E-state index in [1.807, 2.05) is 30.3 Å². The molecule has 3 amide bonds. The molecule has 2 aromatic carbocycles. The Morgan fingerprint density at radius 1 is 0.897 bits per heavy atom. The Hall–Kier alpha value is -3.22. The third-order valence-electron chi connectivity index (χ3n) is 4.83. The first-order valence-corrected chi connectivity index (χ1v) is 9.66. The van der Waals surface area contributed by atoms with Gasteiger partial charge in [0.25, 0.3) is 0 Å². The number of carbonyl (C=O) groups is 3. The van der Waals surface area contributed by atoms with Crippen LogP contribution in [0.15, 0.2) is 54.6 Å². The van der Waals surface area contributed by atoms with Gasteiger partial charge in [-0.3, -0.25) is 14.4 Å². The molecule has 2 aromatic rings.